The second-order valence-electron chi connectivity index (χ2n) is 6.39. The van der Waals surface area contributed by atoms with Gasteiger partial charge in [0.05, 0.1) is 5.69 Å². The fourth-order valence-electron chi connectivity index (χ4n) is 3.37. The van der Waals surface area contributed by atoms with Gasteiger partial charge in [0.1, 0.15) is 6.54 Å². The summed E-state index contributed by atoms with van der Waals surface area (Å²) in [5.41, 5.74) is 2.51. The van der Waals surface area contributed by atoms with Crippen molar-refractivity contribution in [1.29, 1.82) is 0 Å². The van der Waals surface area contributed by atoms with Gasteiger partial charge in [-0.2, -0.15) is 5.10 Å². The van der Waals surface area contributed by atoms with Crippen LogP contribution < -0.4 is 10.9 Å². The van der Waals surface area contributed by atoms with Crippen LogP contribution in [0.15, 0.2) is 53.3 Å². The molecule has 2 aromatic carbocycles. The molecule has 5 nitrogen and oxygen atoms in total. The highest BCUT2D eigenvalue weighted by molar-refractivity contribution is 6.01. The minimum absolute atomic E-state index is 0.0741. The molecule has 1 aliphatic rings. The van der Waals surface area contributed by atoms with Gasteiger partial charge in [0.25, 0.3) is 5.56 Å². The fourth-order valence-corrected chi connectivity index (χ4v) is 3.37. The largest absolute Gasteiger partial charge is 0.324 e. The summed E-state index contributed by atoms with van der Waals surface area (Å²) in [5, 5.41) is 9.34. The van der Waals surface area contributed by atoms with E-state index in [0.29, 0.717) is 0 Å². The Bertz CT molecular complexity index is 1000. The average molecular weight is 333 g/mol. The van der Waals surface area contributed by atoms with E-state index in [9.17, 15) is 9.59 Å². The zero-order valence-electron chi connectivity index (χ0n) is 13.9. The molecule has 1 amide bonds. The van der Waals surface area contributed by atoms with Crippen molar-refractivity contribution >= 4 is 22.4 Å². The molecule has 0 bridgehead atoms. The molecular formula is C20H19N3O2. The van der Waals surface area contributed by atoms with E-state index in [0.717, 1.165) is 53.4 Å². The molecule has 25 heavy (non-hydrogen) atoms. The lowest BCUT2D eigenvalue weighted by molar-refractivity contribution is -0.117. The first-order valence-corrected chi connectivity index (χ1v) is 8.58. The molecule has 0 fully saturated rings. The number of anilines is 1. The number of nitrogens with zero attached hydrogens (tertiary/aromatic N) is 2. The number of carbonyl (C=O) groups is 1. The Labute approximate surface area is 145 Å². The van der Waals surface area contributed by atoms with Gasteiger partial charge in [-0.05, 0) is 42.7 Å². The van der Waals surface area contributed by atoms with Crippen molar-refractivity contribution < 1.29 is 4.79 Å². The third-order valence-corrected chi connectivity index (χ3v) is 4.63. The molecule has 0 spiro atoms. The van der Waals surface area contributed by atoms with Gasteiger partial charge >= 0.3 is 0 Å². The summed E-state index contributed by atoms with van der Waals surface area (Å²) in [6.45, 7) is -0.0741. The summed E-state index contributed by atoms with van der Waals surface area (Å²) in [5.74, 6) is -0.248. The molecule has 0 aliphatic heterocycles. The van der Waals surface area contributed by atoms with Crippen LogP contribution >= 0.6 is 0 Å². The third kappa shape index (κ3) is 3.18. The Balaban J connectivity index is 1.57. The molecule has 0 saturated carbocycles. The van der Waals surface area contributed by atoms with Gasteiger partial charge < -0.3 is 5.32 Å². The monoisotopic (exact) mass is 333 g/mol. The molecule has 1 aliphatic carbocycles. The standard InChI is InChI=1S/C20H19N3O2/c24-19(21-18-11-5-8-14-6-1-3-9-16(14)18)13-23-20(25)12-15-7-2-4-10-17(15)22-23/h1,3,5-6,8-9,11-12H,2,4,7,10,13H2,(H,21,24). The first kappa shape index (κ1) is 15.6. The molecular weight excluding hydrogens is 314 g/mol. The van der Waals surface area contributed by atoms with Crippen LogP contribution in [0.25, 0.3) is 10.8 Å². The molecule has 1 N–H and O–H groups in total. The van der Waals surface area contributed by atoms with Gasteiger partial charge in [-0.1, -0.05) is 36.4 Å². The second kappa shape index (κ2) is 6.51. The predicted molar refractivity (Wildman–Crippen MR) is 97.7 cm³/mol. The number of hydrogen-bond donors (Lipinski definition) is 1. The lowest BCUT2D eigenvalue weighted by atomic mass is 9.97. The molecule has 1 aromatic heterocycles. The van der Waals surface area contributed by atoms with E-state index in [-0.39, 0.29) is 18.0 Å². The highest BCUT2D eigenvalue weighted by atomic mass is 16.2. The molecule has 0 radical (unpaired) electrons. The van der Waals surface area contributed by atoms with Crippen LogP contribution in [0.2, 0.25) is 0 Å². The average Bonchev–Trinajstić information content (AvgIpc) is 2.63. The lowest BCUT2D eigenvalue weighted by Gasteiger charge is -2.16. The summed E-state index contributed by atoms with van der Waals surface area (Å²) >= 11 is 0. The molecule has 3 aromatic rings. The third-order valence-electron chi connectivity index (χ3n) is 4.63. The molecule has 4 rings (SSSR count). The van der Waals surface area contributed by atoms with Crippen LogP contribution in [-0.4, -0.2) is 15.7 Å². The number of aryl methyl sites for hydroxylation is 2. The number of carbonyl (C=O) groups excluding carboxylic acids is 1. The molecule has 5 heteroatoms. The van der Waals surface area contributed by atoms with E-state index in [2.05, 4.69) is 10.4 Å². The van der Waals surface area contributed by atoms with E-state index in [1.807, 2.05) is 42.5 Å². The minimum Gasteiger partial charge on any atom is -0.324 e. The topological polar surface area (TPSA) is 64.0 Å². The number of benzene rings is 2. The van der Waals surface area contributed by atoms with Gasteiger partial charge in [-0.25, -0.2) is 4.68 Å². The first-order valence-electron chi connectivity index (χ1n) is 8.58. The lowest BCUT2D eigenvalue weighted by Crippen LogP contribution is -2.31. The normalized spacial score (nSPS) is 13.4. The maximum atomic E-state index is 12.4. The Hall–Kier alpha value is -2.95. The van der Waals surface area contributed by atoms with E-state index >= 15 is 0 Å². The van der Waals surface area contributed by atoms with Crippen molar-refractivity contribution in [2.24, 2.45) is 0 Å². The van der Waals surface area contributed by atoms with Gasteiger partial charge in [0.15, 0.2) is 0 Å². The zero-order chi connectivity index (χ0) is 17.2. The summed E-state index contributed by atoms with van der Waals surface area (Å²) in [4.78, 5) is 24.6. The number of rotatable bonds is 3. The van der Waals surface area contributed by atoms with Gasteiger partial charge in [0, 0.05) is 17.1 Å². The van der Waals surface area contributed by atoms with Crippen molar-refractivity contribution in [3.8, 4) is 0 Å². The molecule has 0 atom stereocenters. The van der Waals surface area contributed by atoms with E-state index < -0.39 is 0 Å². The molecule has 0 saturated heterocycles. The van der Waals surface area contributed by atoms with Crippen LogP contribution in [0.1, 0.15) is 24.1 Å². The van der Waals surface area contributed by atoms with Crippen molar-refractivity contribution in [2.75, 3.05) is 5.32 Å². The molecule has 1 heterocycles. The van der Waals surface area contributed by atoms with Crippen molar-refractivity contribution in [1.82, 2.24) is 9.78 Å². The van der Waals surface area contributed by atoms with E-state index in [4.69, 9.17) is 0 Å². The summed E-state index contributed by atoms with van der Waals surface area (Å²) in [7, 11) is 0. The first-order chi connectivity index (χ1) is 12.2. The van der Waals surface area contributed by atoms with Crippen LogP contribution in [0.5, 0.6) is 0 Å². The Morgan fingerprint density at radius 1 is 1.08 bits per heavy atom. The van der Waals surface area contributed by atoms with Crippen LogP contribution in [0.3, 0.4) is 0 Å². The van der Waals surface area contributed by atoms with Gasteiger partial charge in [-0.15, -0.1) is 0 Å². The van der Waals surface area contributed by atoms with Crippen LogP contribution in [-0.2, 0) is 24.2 Å². The predicted octanol–water partition coefficient (Wildman–Crippen LogP) is 2.91. The maximum Gasteiger partial charge on any atom is 0.267 e. The number of nitrogens with one attached hydrogen (secondary N) is 1. The SMILES string of the molecule is O=C(Cn1nc2c(cc1=O)CCCC2)Nc1cccc2ccccc12. The Morgan fingerprint density at radius 2 is 1.88 bits per heavy atom. The van der Waals surface area contributed by atoms with Crippen molar-refractivity contribution in [3.63, 3.8) is 0 Å². The maximum absolute atomic E-state index is 12.4. The zero-order valence-corrected chi connectivity index (χ0v) is 13.9. The summed E-state index contributed by atoms with van der Waals surface area (Å²) in [6.07, 6.45) is 3.96. The number of aromatic nitrogens is 2. The van der Waals surface area contributed by atoms with Crippen LogP contribution in [0, 0.1) is 0 Å². The van der Waals surface area contributed by atoms with E-state index in [1.54, 1.807) is 6.07 Å². The van der Waals surface area contributed by atoms with Crippen molar-refractivity contribution in [3.05, 3.63) is 70.1 Å². The second-order valence-corrected chi connectivity index (χ2v) is 6.39. The van der Waals surface area contributed by atoms with Crippen LogP contribution in [0.4, 0.5) is 5.69 Å². The van der Waals surface area contributed by atoms with Gasteiger partial charge in [-0.3, -0.25) is 9.59 Å². The highest BCUT2D eigenvalue weighted by Gasteiger charge is 2.15. The summed E-state index contributed by atoms with van der Waals surface area (Å²) in [6, 6.07) is 15.3. The quantitative estimate of drug-likeness (QED) is 0.801. The Kier molecular flexibility index (Phi) is 4.06. The van der Waals surface area contributed by atoms with Gasteiger partial charge in [0.2, 0.25) is 5.91 Å². The van der Waals surface area contributed by atoms with Crippen molar-refractivity contribution in [2.45, 2.75) is 32.2 Å². The molecule has 126 valence electrons. The highest BCUT2D eigenvalue weighted by Crippen LogP contribution is 2.23. The number of hydrogen-bond acceptors (Lipinski definition) is 3. The minimum atomic E-state index is -0.248. The Morgan fingerprint density at radius 3 is 2.80 bits per heavy atom. The van der Waals surface area contributed by atoms with E-state index in [1.165, 1.54) is 4.68 Å². The smallest absolute Gasteiger partial charge is 0.267 e. The summed E-state index contributed by atoms with van der Waals surface area (Å²) < 4.78 is 1.27. The number of fused-ring (bicyclic) bond motifs is 2. The number of amides is 1. The molecule has 0 unspecified atom stereocenters. The fraction of sp³-hybridized carbons (Fsp3) is 0.250.